The lowest BCUT2D eigenvalue weighted by molar-refractivity contribution is -0.146. The van der Waals surface area contributed by atoms with E-state index < -0.39 is 45.1 Å². The van der Waals surface area contributed by atoms with Crippen LogP contribution in [0.4, 0.5) is 0 Å². The van der Waals surface area contributed by atoms with Crippen molar-refractivity contribution in [1.82, 2.24) is 15.1 Å². The van der Waals surface area contributed by atoms with E-state index in [1.54, 1.807) is 56.0 Å². The zero-order valence-electron chi connectivity index (χ0n) is 21.3. The van der Waals surface area contributed by atoms with Crippen LogP contribution in [0.3, 0.4) is 0 Å². The zero-order valence-corrected chi connectivity index (χ0v) is 22.1. The fourth-order valence-corrected chi connectivity index (χ4v) is 5.73. The van der Waals surface area contributed by atoms with Crippen LogP contribution in [0.2, 0.25) is 0 Å². The highest BCUT2D eigenvalue weighted by molar-refractivity contribution is 7.90. The van der Waals surface area contributed by atoms with Gasteiger partial charge in [-0.3, -0.25) is 19.2 Å². The van der Waals surface area contributed by atoms with Crippen LogP contribution in [0, 0.1) is 5.92 Å². The first-order valence-corrected chi connectivity index (χ1v) is 14.2. The molecule has 1 N–H and O–H groups in total. The van der Waals surface area contributed by atoms with Crippen molar-refractivity contribution in [3.05, 3.63) is 35.9 Å². The molecule has 1 aromatic carbocycles. The molecule has 11 heteroatoms. The van der Waals surface area contributed by atoms with Crippen molar-refractivity contribution in [1.29, 1.82) is 0 Å². The lowest BCUT2D eigenvalue weighted by Gasteiger charge is -2.29. The molecular formula is C25H37N3O7S. The fraction of sp³-hybridized carbons (Fsp3) is 0.600. The van der Waals surface area contributed by atoms with Crippen LogP contribution < -0.4 is 5.32 Å². The van der Waals surface area contributed by atoms with Gasteiger partial charge in [-0.2, -0.15) is 0 Å². The second kappa shape index (κ2) is 14.1. The van der Waals surface area contributed by atoms with Crippen LogP contribution in [0.5, 0.6) is 0 Å². The summed E-state index contributed by atoms with van der Waals surface area (Å²) in [6.07, 6.45) is -0.174. The van der Waals surface area contributed by atoms with E-state index in [0.29, 0.717) is 45.0 Å². The maximum absolute atomic E-state index is 13.2. The number of ketones is 1. The molecule has 1 aliphatic heterocycles. The van der Waals surface area contributed by atoms with E-state index in [4.69, 9.17) is 4.74 Å². The summed E-state index contributed by atoms with van der Waals surface area (Å²) in [6, 6.07) is 7.47. The van der Waals surface area contributed by atoms with Crippen molar-refractivity contribution < 1.29 is 32.3 Å². The van der Waals surface area contributed by atoms with Gasteiger partial charge in [-0.15, -0.1) is 0 Å². The van der Waals surface area contributed by atoms with E-state index >= 15 is 0 Å². The molecule has 3 amide bonds. The monoisotopic (exact) mass is 523 g/mol. The Morgan fingerprint density at radius 1 is 1.03 bits per heavy atom. The summed E-state index contributed by atoms with van der Waals surface area (Å²) in [5.41, 5.74) is 0.572. The van der Waals surface area contributed by atoms with Gasteiger partial charge < -0.3 is 19.9 Å². The summed E-state index contributed by atoms with van der Waals surface area (Å²) >= 11 is 0. The average molecular weight is 524 g/mol. The SMILES string of the molecule is CC[C@H](NC(=O)C(CC(=O)N1CCOCC1)CS(=O)(=O)Cc1ccccc1)C(=O)C(=O)N(CC)CC. The third kappa shape index (κ3) is 8.70. The number of morpholine rings is 1. The van der Waals surface area contributed by atoms with Crippen LogP contribution in [0.15, 0.2) is 30.3 Å². The van der Waals surface area contributed by atoms with Gasteiger partial charge in [-0.25, -0.2) is 8.42 Å². The van der Waals surface area contributed by atoms with Crippen LogP contribution in [0.25, 0.3) is 0 Å². The van der Waals surface area contributed by atoms with E-state index in [9.17, 15) is 27.6 Å². The fourth-order valence-electron chi connectivity index (χ4n) is 4.03. The molecule has 0 bridgehead atoms. The van der Waals surface area contributed by atoms with Crippen molar-refractivity contribution in [3.63, 3.8) is 0 Å². The molecule has 1 aromatic rings. The van der Waals surface area contributed by atoms with Crippen LogP contribution in [0.1, 0.15) is 39.2 Å². The summed E-state index contributed by atoms with van der Waals surface area (Å²) in [5.74, 6) is -4.60. The lowest BCUT2D eigenvalue weighted by Crippen LogP contribution is -2.51. The Hall–Kier alpha value is -2.79. The first-order valence-electron chi connectivity index (χ1n) is 12.3. The lowest BCUT2D eigenvalue weighted by atomic mass is 10.0. The van der Waals surface area contributed by atoms with Gasteiger partial charge in [0.25, 0.3) is 5.91 Å². The molecule has 1 unspecified atom stereocenters. The van der Waals surface area contributed by atoms with Crippen LogP contribution in [-0.4, -0.2) is 92.9 Å². The van der Waals surface area contributed by atoms with E-state index in [2.05, 4.69) is 5.32 Å². The van der Waals surface area contributed by atoms with E-state index in [1.807, 2.05) is 0 Å². The minimum atomic E-state index is -3.77. The maximum Gasteiger partial charge on any atom is 0.292 e. The molecule has 0 radical (unpaired) electrons. The van der Waals surface area contributed by atoms with Gasteiger partial charge in [0.2, 0.25) is 17.6 Å². The average Bonchev–Trinajstić information content (AvgIpc) is 2.87. The van der Waals surface area contributed by atoms with Crippen molar-refractivity contribution in [2.45, 2.75) is 45.4 Å². The van der Waals surface area contributed by atoms with Crippen LogP contribution >= 0.6 is 0 Å². The molecule has 2 rings (SSSR count). The predicted octanol–water partition coefficient (Wildman–Crippen LogP) is 0.799. The zero-order chi connectivity index (χ0) is 26.7. The van der Waals surface area contributed by atoms with Gasteiger partial charge in [0.1, 0.15) is 0 Å². The van der Waals surface area contributed by atoms with Crippen molar-refractivity contribution in [3.8, 4) is 0 Å². The Morgan fingerprint density at radius 2 is 1.64 bits per heavy atom. The molecule has 0 aromatic heterocycles. The number of benzene rings is 1. The second-order valence-corrected chi connectivity index (χ2v) is 10.9. The molecule has 1 saturated heterocycles. The molecule has 1 fully saturated rings. The molecule has 0 aliphatic carbocycles. The minimum absolute atomic E-state index is 0.151. The number of sulfone groups is 1. The Kier molecular flexibility index (Phi) is 11.5. The molecule has 10 nitrogen and oxygen atoms in total. The number of ether oxygens (including phenoxy) is 1. The summed E-state index contributed by atoms with van der Waals surface area (Å²) in [7, 11) is -3.77. The molecule has 0 saturated carbocycles. The number of nitrogens with zero attached hydrogens (tertiary/aromatic N) is 2. The smallest absolute Gasteiger partial charge is 0.292 e. The number of likely N-dealkylation sites (N-methyl/N-ethyl adjacent to an activating group) is 1. The summed E-state index contributed by atoms with van der Waals surface area (Å²) < 4.78 is 31.2. The van der Waals surface area contributed by atoms with Crippen LogP contribution in [-0.2, 0) is 39.5 Å². The second-order valence-electron chi connectivity index (χ2n) is 8.75. The number of hydrogen-bond acceptors (Lipinski definition) is 7. The number of Topliss-reactive ketones (excluding diaryl/α,β-unsaturated/α-hetero) is 1. The molecular weight excluding hydrogens is 486 g/mol. The van der Waals surface area contributed by atoms with Gasteiger partial charge >= 0.3 is 0 Å². The van der Waals surface area contributed by atoms with Crippen molar-refractivity contribution in [2.24, 2.45) is 5.92 Å². The van der Waals surface area contributed by atoms with Gasteiger partial charge in [-0.1, -0.05) is 37.3 Å². The molecule has 1 aliphatic rings. The maximum atomic E-state index is 13.2. The van der Waals surface area contributed by atoms with Gasteiger partial charge in [-0.05, 0) is 25.8 Å². The number of hydrogen-bond donors (Lipinski definition) is 1. The number of carbonyl (C=O) groups is 4. The largest absolute Gasteiger partial charge is 0.378 e. The standard InChI is InChI=1S/C25H37N3O7S/c1-4-21(23(30)25(32)27(5-2)6-3)26-24(31)20(16-22(29)28-12-14-35-15-13-28)18-36(33,34)17-19-10-8-7-9-11-19/h7-11,20-21H,4-6,12-18H2,1-3H3,(H,26,31)/t20?,21-/m0/s1. The first-order chi connectivity index (χ1) is 17.1. The predicted molar refractivity (Wildman–Crippen MR) is 135 cm³/mol. The summed E-state index contributed by atoms with van der Waals surface area (Å²) in [6.45, 7) is 7.30. The summed E-state index contributed by atoms with van der Waals surface area (Å²) in [5, 5.41) is 2.55. The quantitative estimate of drug-likeness (QED) is 0.379. The number of amides is 3. The van der Waals surface area contributed by atoms with E-state index in [0.717, 1.165) is 0 Å². The third-order valence-electron chi connectivity index (χ3n) is 6.14. The highest BCUT2D eigenvalue weighted by atomic mass is 32.2. The highest BCUT2D eigenvalue weighted by Gasteiger charge is 2.34. The van der Waals surface area contributed by atoms with Crippen molar-refractivity contribution >= 4 is 33.3 Å². The molecule has 1 heterocycles. The Balaban J connectivity index is 2.21. The molecule has 200 valence electrons. The first kappa shape index (κ1) is 29.4. The molecule has 2 atom stereocenters. The van der Waals surface area contributed by atoms with Gasteiger partial charge in [0.15, 0.2) is 9.84 Å². The Morgan fingerprint density at radius 3 is 2.19 bits per heavy atom. The van der Waals surface area contributed by atoms with Gasteiger partial charge in [0, 0.05) is 32.6 Å². The highest BCUT2D eigenvalue weighted by Crippen LogP contribution is 2.16. The normalized spacial score (nSPS) is 15.6. The van der Waals surface area contributed by atoms with E-state index in [-0.39, 0.29) is 24.5 Å². The number of carbonyl (C=O) groups excluding carboxylic acids is 4. The minimum Gasteiger partial charge on any atom is -0.378 e. The number of rotatable bonds is 13. The number of nitrogens with one attached hydrogen (secondary N) is 1. The molecule has 0 spiro atoms. The summed E-state index contributed by atoms with van der Waals surface area (Å²) in [4.78, 5) is 54.3. The van der Waals surface area contributed by atoms with Gasteiger partial charge in [0.05, 0.1) is 36.7 Å². The Bertz CT molecular complexity index is 1000. The third-order valence-corrected chi connectivity index (χ3v) is 7.83. The Labute approximate surface area is 213 Å². The van der Waals surface area contributed by atoms with Crippen molar-refractivity contribution in [2.75, 3.05) is 45.1 Å². The topological polar surface area (TPSA) is 130 Å². The van der Waals surface area contributed by atoms with E-state index in [1.165, 1.54) is 4.90 Å². The molecule has 36 heavy (non-hydrogen) atoms.